The topological polar surface area (TPSA) is 59.3 Å². The predicted octanol–water partition coefficient (Wildman–Crippen LogP) is 2.48. The first-order chi connectivity index (χ1) is 9.24. The van der Waals surface area contributed by atoms with Crippen molar-refractivity contribution < 1.29 is 14.3 Å². The molecule has 0 radical (unpaired) electrons. The van der Waals surface area contributed by atoms with Crippen LogP contribution in [0.15, 0.2) is 30.3 Å². The highest BCUT2D eigenvalue weighted by Gasteiger charge is 2.12. The lowest BCUT2D eigenvalue weighted by Crippen LogP contribution is -2.22. The highest BCUT2D eigenvalue weighted by molar-refractivity contribution is 5.82. The lowest BCUT2D eigenvalue weighted by molar-refractivity contribution is -0.130. The molecule has 0 aliphatic carbocycles. The largest absolute Gasteiger partial charge is 0.374 e. The summed E-state index contributed by atoms with van der Waals surface area (Å²) in [6, 6.07) is 11.8. The fourth-order valence-electron chi connectivity index (χ4n) is 1.52. The van der Waals surface area contributed by atoms with Gasteiger partial charge < -0.3 is 9.47 Å². The number of carbonyl (C=O) groups excluding carboxylic acids is 1. The Hall–Kier alpha value is -1.70. The van der Waals surface area contributed by atoms with Crippen LogP contribution in [0.5, 0.6) is 0 Å². The van der Waals surface area contributed by atoms with Crippen LogP contribution in [-0.2, 0) is 20.9 Å². The average Bonchev–Trinajstić information content (AvgIpc) is 2.45. The molecule has 0 spiro atoms. The molecule has 102 valence electrons. The van der Waals surface area contributed by atoms with E-state index in [0.717, 1.165) is 5.56 Å². The minimum atomic E-state index is -0.464. The van der Waals surface area contributed by atoms with E-state index in [-0.39, 0.29) is 18.6 Å². The molecule has 0 heterocycles. The van der Waals surface area contributed by atoms with Gasteiger partial charge in [-0.25, -0.2) is 0 Å². The predicted molar refractivity (Wildman–Crippen MR) is 71.4 cm³/mol. The van der Waals surface area contributed by atoms with E-state index >= 15 is 0 Å². The molecule has 1 aromatic carbocycles. The van der Waals surface area contributed by atoms with E-state index in [4.69, 9.17) is 14.7 Å². The zero-order chi connectivity index (χ0) is 13.9. The van der Waals surface area contributed by atoms with Crippen LogP contribution in [0, 0.1) is 11.3 Å². The van der Waals surface area contributed by atoms with Gasteiger partial charge in [0.15, 0.2) is 5.78 Å². The van der Waals surface area contributed by atoms with Crippen molar-refractivity contribution >= 4 is 5.78 Å². The molecule has 1 aromatic rings. The lowest BCUT2D eigenvalue weighted by Gasteiger charge is -2.11. The second kappa shape index (κ2) is 9.26. The summed E-state index contributed by atoms with van der Waals surface area (Å²) in [5.41, 5.74) is 1.11. The lowest BCUT2D eigenvalue weighted by atomic mass is 10.1. The maximum Gasteiger partial charge on any atom is 0.162 e. The number of ether oxygens (including phenoxy) is 2. The summed E-state index contributed by atoms with van der Waals surface area (Å²) in [6.45, 7) is 3.08. The third kappa shape index (κ3) is 6.70. The maximum atomic E-state index is 11.5. The normalized spacial score (nSPS) is 11.8. The Morgan fingerprint density at radius 2 is 2.05 bits per heavy atom. The molecule has 0 saturated heterocycles. The van der Waals surface area contributed by atoms with Gasteiger partial charge in [-0.1, -0.05) is 30.3 Å². The standard InChI is InChI=1S/C15H19NO3/c1-13(15(17)8-5-9-16)19-11-10-18-12-14-6-3-2-4-7-14/h2-4,6-7,13H,5,8,10-12H2,1H3. The molecule has 0 saturated carbocycles. The van der Waals surface area contributed by atoms with Gasteiger partial charge in [0.05, 0.1) is 25.9 Å². The highest BCUT2D eigenvalue weighted by atomic mass is 16.5. The molecule has 0 N–H and O–H groups in total. The van der Waals surface area contributed by atoms with Crippen molar-refractivity contribution in [2.45, 2.75) is 32.5 Å². The number of carbonyl (C=O) groups is 1. The molecule has 4 heteroatoms. The fraction of sp³-hybridized carbons (Fsp3) is 0.467. The van der Waals surface area contributed by atoms with Gasteiger partial charge in [-0.15, -0.1) is 0 Å². The van der Waals surface area contributed by atoms with Crippen LogP contribution in [0.3, 0.4) is 0 Å². The summed E-state index contributed by atoms with van der Waals surface area (Å²) in [5.74, 6) is -0.0374. The molecule has 1 rings (SSSR count). The van der Waals surface area contributed by atoms with Crippen LogP contribution in [0.1, 0.15) is 25.3 Å². The SMILES string of the molecule is CC(OCCOCc1ccccc1)C(=O)CCC#N. The molecule has 0 bridgehead atoms. The summed E-state index contributed by atoms with van der Waals surface area (Å²) in [7, 11) is 0. The van der Waals surface area contributed by atoms with E-state index in [1.807, 2.05) is 36.4 Å². The Balaban J connectivity index is 2.07. The number of benzene rings is 1. The van der Waals surface area contributed by atoms with Gasteiger partial charge in [0, 0.05) is 12.8 Å². The maximum absolute atomic E-state index is 11.5. The molecular formula is C15H19NO3. The highest BCUT2D eigenvalue weighted by Crippen LogP contribution is 2.02. The van der Waals surface area contributed by atoms with Crippen LogP contribution in [0.25, 0.3) is 0 Å². The van der Waals surface area contributed by atoms with Crippen molar-refractivity contribution in [1.29, 1.82) is 5.26 Å². The van der Waals surface area contributed by atoms with Crippen molar-refractivity contribution in [2.24, 2.45) is 0 Å². The van der Waals surface area contributed by atoms with Crippen LogP contribution in [-0.4, -0.2) is 25.1 Å². The number of nitriles is 1. The van der Waals surface area contributed by atoms with Gasteiger partial charge in [0.25, 0.3) is 0 Å². The zero-order valence-electron chi connectivity index (χ0n) is 11.2. The summed E-state index contributed by atoms with van der Waals surface area (Å²) in [5, 5.41) is 8.39. The second-order valence-electron chi connectivity index (χ2n) is 4.18. The molecule has 1 atom stereocenters. The van der Waals surface area contributed by atoms with Gasteiger partial charge in [-0.05, 0) is 12.5 Å². The van der Waals surface area contributed by atoms with Crippen LogP contribution < -0.4 is 0 Å². The van der Waals surface area contributed by atoms with E-state index in [9.17, 15) is 4.79 Å². The van der Waals surface area contributed by atoms with Gasteiger partial charge in [-0.2, -0.15) is 5.26 Å². The monoisotopic (exact) mass is 261 g/mol. The minimum absolute atomic E-state index is 0.0374. The Bertz CT molecular complexity index is 411. The molecule has 1 unspecified atom stereocenters. The Morgan fingerprint density at radius 1 is 1.32 bits per heavy atom. The number of hydrogen-bond acceptors (Lipinski definition) is 4. The van der Waals surface area contributed by atoms with E-state index in [1.54, 1.807) is 6.92 Å². The number of ketones is 1. The van der Waals surface area contributed by atoms with Gasteiger partial charge in [0.1, 0.15) is 6.10 Å². The second-order valence-corrected chi connectivity index (χ2v) is 4.18. The van der Waals surface area contributed by atoms with E-state index < -0.39 is 6.10 Å². The summed E-state index contributed by atoms with van der Waals surface area (Å²) < 4.78 is 10.8. The summed E-state index contributed by atoms with van der Waals surface area (Å²) in [4.78, 5) is 11.5. The van der Waals surface area contributed by atoms with E-state index in [2.05, 4.69) is 0 Å². The molecule has 0 fully saturated rings. The molecule has 0 aliphatic heterocycles. The third-order valence-electron chi connectivity index (χ3n) is 2.64. The molecule has 4 nitrogen and oxygen atoms in total. The van der Waals surface area contributed by atoms with Crippen LogP contribution >= 0.6 is 0 Å². The van der Waals surface area contributed by atoms with E-state index in [0.29, 0.717) is 19.8 Å². The number of nitrogens with zero attached hydrogens (tertiary/aromatic N) is 1. The Morgan fingerprint density at radius 3 is 2.74 bits per heavy atom. The third-order valence-corrected chi connectivity index (χ3v) is 2.64. The van der Waals surface area contributed by atoms with Crippen molar-refractivity contribution in [3.05, 3.63) is 35.9 Å². The summed E-state index contributed by atoms with van der Waals surface area (Å²) >= 11 is 0. The number of rotatable bonds is 9. The minimum Gasteiger partial charge on any atom is -0.374 e. The van der Waals surface area contributed by atoms with Gasteiger partial charge in [0.2, 0.25) is 0 Å². The van der Waals surface area contributed by atoms with Crippen molar-refractivity contribution in [2.75, 3.05) is 13.2 Å². The first-order valence-corrected chi connectivity index (χ1v) is 6.37. The van der Waals surface area contributed by atoms with Gasteiger partial charge >= 0.3 is 0 Å². The van der Waals surface area contributed by atoms with Crippen molar-refractivity contribution in [1.82, 2.24) is 0 Å². The Labute approximate surface area is 113 Å². The number of hydrogen-bond donors (Lipinski definition) is 0. The average molecular weight is 261 g/mol. The quantitative estimate of drug-likeness (QED) is 0.641. The summed E-state index contributed by atoms with van der Waals surface area (Å²) in [6.07, 6.45) is 0.0354. The molecule has 0 aliphatic rings. The van der Waals surface area contributed by atoms with Crippen LogP contribution in [0.4, 0.5) is 0 Å². The van der Waals surface area contributed by atoms with Crippen LogP contribution in [0.2, 0.25) is 0 Å². The zero-order valence-corrected chi connectivity index (χ0v) is 11.2. The first-order valence-electron chi connectivity index (χ1n) is 6.37. The fourth-order valence-corrected chi connectivity index (χ4v) is 1.52. The molecular weight excluding hydrogens is 242 g/mol. The van der Waals surface area contributed by atoms with E-state index in [1.165, 1.54) is 0 Å². The van der Waals surface area contributed by atoms with Crippen molar-refractivity contribution in [3.8, 4) is 6.07 Å². The Kier molecular flexibility index (Phi) is 7.48. The molecule has 0 aromatic heterocycles. The smallest absolute Gasteiger partial charge is 0.162 e. The first kappa shape index (κ1) is 15.4. The van der Waals surface area contributed by atoms with Crippen molar-refractivity contribution in [3.63, 3.8) is 0 Å². The molecule has 0 amide bonds. The molecule has 19 heavy (non-hydrogen) atoms. The van der Waals surface area contributed by atoms with Gasteiger partial charge in [-0.3, -0.25) is 4.79 Å². The number of Topliss-reactive ketones (excluding diaryl/α,β-unsaturated/α-hetero) is 1.